The van der Waals surface area contributed by atoms with Gasteiger partial charge in [-0.15, -0.1) is 0 Å². The molecule has 4 aliphatic heterocycles. The van der Waals surface area contributed by atoms with E-state index in [1.54, 1.807) is 25.8 Å². The molecule has 1 aliphatic carbocycles. The number of nitrogens with one attached hydrogen (secondary N) is 2. The van der Waals surface area contributed by atoms with Crippen molar-refractivity contribution in [2.75, 3.05) is 39.1 Å². The molecule has 5 rings (SSSR count). The Balaban J connectivity index is 0.000000503. The van der Waals surface area contributed by atoms with Crippen molar-refractivity contribution in [1.82, 2.24) is 15.5 Å². The second-order valence-electron chi connectivity index (χ2n) is 7.91. The maximum Gasteiger partial charge on any atom is 0.402 e. The van der Waals surface area contributed by atoms with Gasteiger partial charge < -0.3 is 36.2 Å². The average Bonchev–Trinajstić information content (AvgIpc) is 3.32. The standard InChI is InChI=1S/C18H23N3O4S.CH3NO2/c1-8-12(11-5-19-3-4-26-11)16(24)13-9(7-22)18(25-2)17-10(20-17)6-21(18)14(13)15(8)23;2-1(3)4/h9-11,17,19-20,22H,3-7H2,1-2H3;2H2,(H,3,4). The molecule has 10 nitrogen and oxygen atoms in total. The fourth-order valence-electron chi connectivity index (χ4n) is 5.30. The van der Waals surface area contributed by atoms with E-state index in [4.69, 9.17) is 14.6 Å². The smallest absolute Gasteiger partial charge is 0.402 e. The van der Waals surface area contributed by atoms with Crippen LogP contribution >= 0.6 is 11.8 Å². The van der Waals surface area contributed by atoms with Gasteiger partial charge in [0.2, 0.25) is 5.78 Å². The number of hydrogen-bond acceptors (Lipinski definition) is 9. The summed E-state index contributed by atoms with van der Waals surface area (Å²) in [5, 5.41) is 24.0. The van der Waals surface area contributed by atoms with Crippen molar-refractivity contribution in [3.8, 4) is 0 Å². The fourth-order valence-corrected chi connectivity index (χ4v) is 6.54. The normalized spacial score (nSPS) is 36.8. The van der Waals surface area contributed by atoms with E-state index in [-0.39, 0.29) is 35.5 Å². The van der Waals surface area contributed by atoms with E-state index < -0.39 is 17.7 Å². The first-order valence-corrected chi connectivity index (χ1v) is 10.9. The molecule has 3 saturated heterocycles. The Kier molecular flexibility index (Phi) is 5.43. The largest absolute Gasteiger partial charge is 0.465 e. The van der Waals surface area contributed by atoms with Gasteiger partial charge in [0, 0.05) is 60.5 Å². The molecule has 5 atom stereocenters. The first kappa shape index (κ1) is 21.3. The van der Waals surface area contributed by atoms with Crippen LogP contribution in [0.15, 0.2) is 22.4 Å². The zero-order valence-electron chi connectivity index (χ0n) is 16.8. The average molecular weight is 439 g/mol. The number of allylic oxidation sites excluding steroid dienone is 1. The van der Waals surface area contributed by atoms with Gasteiger partial charge in [0.25, 0.3) is 0 Å². The summed E-state index contributed by atoms with van der Waals surface area (Å²) >= 11 is 1.72. The number of hydrogen-bond donors (Lipinski definition) is 5. The number of carbonyl (C=O) groups excluding carboxylic acids is 2. The zero-order valence-corrected chi connectivity index (χ0v) is 17.6. The number of primary amides is 1. The van der Waals surface area contributed by atoms with Gasteiger partial charge >= 0.3 is 6.09 Å². The molecule has 0 aromatic heterocycles. The van der Waals surface area contributed by atoms with Crippen molar-refractivity contribution in [2.24, 2.45) is 11.7 Å². The van der Waals surface area contributed by atoms with Crippen molar-refractivity contribution in [2.45, 2.75) is 30.0 Å². The van der Waals surface area contributed by atoms with E-state index in [2.05, 4.69) is 16.4 Å². The lowest BCUT2D eigenvalue weighted by atomic mass is 9.79. The molecule has 11 heteroatoms. The predicted octanol–water partition coefficient (Wildman–Crippen LogP) is -1.34. The van der Waals surface area contributed by atoms with E-state index in [0.717, 1.165) is 12.3 Å². The van der Waals surface area contributed by atoms with Crippen molar-refractivity contribution < 1.29 is 29.3 Å². The number of carbonyl (C=O) groups is 3. The Labute approximate surface area is 177 Å². The van der Waals surface area contributed by atoms with E-state index in [0.29, 0.717) is 35.5 Å². The minimum Gasteiger partial charge on any atom is -0.465 e. The summed E-state index contributed by atoms with van der Waals surface area (Å²) in [6.45, 7) is 3.79. The summed E-state index contributed by atoms with van der Waals surface area (Å²) in [5.41, 5.74) is 5.27. The van der Waals surface area contributed by atoms with Gasteiger partial charge in [-0.2, -0.15) is 11.8 Å². The van der Waals surface area contributed by atoms with E-state index in [1.807, 2.05) is 4.90 Å². The van der Waals surface area contributed by atoms with Gasteiger partial charge in [-0.3, -0.25) is 9.59 Å². The maximum atomic E-state index is 13.5. The number of nitrogens with two attached hydrogens (primary N) is 1. The molecule has 0 radical (unpaired) electrons. The van der Waals surface area contributed by atoms with Gasteiger partial charge in [0.15, 0.2) is 11.5 Å². The number of thioether (sulfide) groups is 1. The molecule has 164 valence electrons. The van der Waals surface area contributed by atoms with Crippen LogP contribution in [-0.4, -0.2) is 94.9 Å². The monoisotopic (exact) mass is 438 g/mol. The highest BCUT2D eigenvalue weighted by molar-refractivity contribution is 8.00. The van der Waals surface area contributed by atoms with Crippen LogP contribution in [0.2, 0.25) is 0 Å². The molecule has 0 aromatic carbocycles. The van der Waals surface area contributed by atoms with E-state index >= 15 is 0 Å². The van der Waals surface area contributed by atoms with Gasteiger partial charge in [-0.25, -0.2) is 4.79 Å². The molecule has 5 aliphatic rings. The molecule has 30 heavy (non-hydrogen) atoms. The highest BCUT2D eigenvalue weighted by atomic mass is 32.2. The van der Waals surface area contributed by atoms with Crippen LogP contribution in [0.25, 0.3) is 0 Å². The van der Waals surface area contributed by atoms with Gasteiger partial charge in [0.1, 0.15) is 0 Å². The second kappa shape index (κ2) is 7.65. The zero-order chi connectivity index (χ0) is 21.8. The summed E-state index contributed by atoms with van der Waals surface area (Å²) in [6, 6.07) is 0.301. The number of aliphatic hydroxyl groups excluding tert-OH is 1. The van der Waals surface area contributed by atoms with Crippen LogP contribution in [0.4, 0.5) is 4.79 Å². The van der Waals surface area contributed by atoms with Crippen LogP contribution < -0.4 is 16.4 Å². The fraction of sp³-hybridized carbons (Fsp3) is 0.632. The van der Waals surface area contributed by atoms with Gasteiger partial charge in [0.05, 0.1) is 24.3 Å². The number of nitrogens with zero attached hydrogens (tertiary/aromatic N) is 1. The Morgan fingerprint density at radius 2 is 2.07 bits per heavy atom. The lowest BCUT2D eigenvalue weighted by Gasteiger charge is -2.39. The van der Waals surface area contributed by atoms with E-state index in [9.17, 15) is 14.7 Å². The van der Waals surface area contributed by atoms with Crippen LogP contribution in [0.3, 0.4) is 0 Å². The minimum absolute atomic E-state index is 0.0191. The molecule has 0 aromatic rings. The SMILES string of the molecule is COC12C(CO)C3=C(C(=O)C(C)=C(C4CNCCS4)C3=O)N1CC1NC12.NC(=O)O. The van der Waals surface area contributed by atoms with Crippen LogP contribution in [0, 0.1) is 5.92 Å². The number of ketones is 2. The van der Waals surface area contributed by atoms with Gasteiger partial charge in [-0.05, 0) is 6.92 Å². The second-order valence-corrected chi connectivity index (χ2v) is 9.22. The number of ether oxygens (including phenoxy) is 1. The predicted molar refractivity (Wildman–Crippen MR) is 109 cm³/mol. The van der Waals surface area contributed by atoms with E-state index in [1.165, 1.54) is 0 Å². The first-order valence-electron chi connectivity index (χ1n) is 9.84. The Bertz CT molecular complexity index is 863. The van der Waals surface area contributed by atoms with Gasteiger partial charge in [-0.1, -0.05) is 0 Å². The van der Waals surface area contributed by atoms with Crippen LogP contribution in [0.1, 0.15) is 6.92 Å². The molecule has 3 fully saturated rings. The third-order valence-electron chi connectivity index (χ3n) is 6.51. The van der Waals surface area contributed by atoms with Crippen LogP contribution in [-0.2, 0) is 14.3 Å². The molecule has 5 unspecified atom stereocenters. The molecule has 1 amide bonds. The maximum absolute atomic E-state index is 13.5. The van der Waals surface area contributed by atoms with Crippen molar-refractivity contribution >= 4 is 29.4 Å². The molecule has 6 N–H and O–H groups in total. The number of rotatable bonds is 3. The number of Topliss-reactive ketones (excluding diaryl/α,β-unsaturated/α-hetero) is 2. The minimum atomic E-state index is -1.33. The lowest BCUT2D eigenvalue weighted by Crippen LogP contribution is -2.54. The highest BCUT2D eigenvalue weighted by Crippen LogP contribution is 2.56. The Morgan fingerprint density at radius 1 is 1.37 bits per heavy atom. The summed E-state index contributed by atoms with van der Waals surface area (Å²) in [4.78, 5) is 37.5. The summed E-state index contributed by atoms with van der Waals surface area (Å²) in [7, 11) is 1.60. The number of piperazine rings is 1. The number of amides is 1. The van der Waals surface area contributed by atoms with Crippen molar-refractivity contribution in [3.63, 3.8) is 0 Å². The molecule has 0 spiro atoms. The first-order chi connectivity index (χ1) is 14.3. The third-order valence-corrected chi connectivity index (χ3v) is 7.76. The highest BCUT2D eigenvalue weighted by Gasteiger charge is 2.72. The van der Waals surface area contributed by atoms with Crippen molar-refractivity contribution in [3.05, 3.63) is 22.4 Å². The Morgan fingerprint density at radius 3 is 2.63 bits per heavy atom. The summed E-state index contributed by atoms with van der Waals surface area (Å²) < 4.78 is 5.91. The molecule has 0 bridgehead atoms. The summed E-state index contributed by atoms with van der Waals surface area (Å²) in [6.07, 6.45) is -1.33. The van der Waals surface area contributed by atoms with Crippen molar-refractivity contribution in [1.29, 1.82) is 0 Å². The third kappa shape index (κ3) is 2.91. The quantitative estimate of drug-likeness (QED) is 0.263. The topological polar surface area (TPSA) is 164 Å². The molecular weight excluding hydrogens is 412 g/mol. The Hall–Kier alpha value is -1.92. The number of methoxy groups -OCH3 is 1. The lowest BCUT2D eigenvalue weighted by molar-refractivity contribution is -0.137. The number of aliphatic hydroxyl groups is 1. The number of fused-ring (bicyclic) bond motifs is 4. The number of carboxylic acid groups (broad SMARTS) is 1. The molecule has 0 saturated carbocycles. The molecular formula is C19H26N4O6S. The molecule has 4 heterocycles. The van der Waals surface area contributed by atoms with Crippen LogP contribution in [0.5, 0.6) is 0 Å². The summed E-state index contributed by atoms with van der Waals surface area (Å²) in [5.74, 6) is 0.244.